The van der Waals surface area contributed by atoms with Crippen molar-refractivity contribution in [2.45, 2.75) is 96.9 Å². The molecule has 188 valence electrons. The van der Waals surface area contributed by atoms with Gasteiger partial charge in [-0.3, -0.25) is 9.59 Å². The lowest BCUT2D eigenvalue weighted by Gasteiger charge is -2.63. The molecule has 7 heteroatoms. The Morgan fingerprint density at radius 3 is 2.52 bits per heavy atom. The van der Waals surface area contributed by atoms with Crippen molar-refractivity contribution in [3.05, 3.63) is 0 Å². The minimum Gasteiger partial charge on any atom is -0.480 e. The van der Waals surface area contributed by atoms with E-state index in [2.05, 4.69) is 26.1 Å². The predicted molar refractivity (Wildman–Crippen MR) is 123 cm³/mol. The number of nitrogens with one attached hydrogen (secondary N) is 1. The first-order chi connectivity index (χ1) is 15.5. The fourth-order valence-electron chi connectivity index (χ4n) is 8.95. The van der Waals surface area contributed by atoms with E-state index < -0.39 is 12.1 Å². The van der Waals surface area contributed by atoms with E-state index in [-0.39, 0.29) is 65.1 Å². The molecule has 4 rings (SSSR count). The third-order valence-corrected chi connectivity index (χ3v) is 10.8. The summed E-state index contributed by atoms with van der Waals surface area (Å²) < 4.78 is 0. The Morgan fingerprint density at radius 2 is 1.82 bits per heavy atom. The first-order valence-corrected chi connectivity index (χ1v) is 13.0. The van der Waals surface area contributed by atoms with Gasteiger partial charge in [0.15, 0.2) is 0 Å². The molecule has 33 heavy (non-hydrogen) atoms. The van der Waals surface area contributed by atoms with Gasteiger partial charge in [0.05, 0.1) is 18.3 Å². The molecule has 0 radical (unpaired) electrons. The standard InChI is InChI=1S/C26H43NO6/c1-14(4-7-22(31)27-13-23(32)33)17-5-6-18-24-19(12-21(30)26(17,18)3)25(2)9-8-16(28)10-15(25)11-20(24)29/h14-21,24,28-30H,4-13H2,1-3H3,(H,27,31)(H,32,33)/t14-,15+,16-,17-,18+,19+,20-,21+,24+,25+,26-/m1/s1/i23+2. The molecule has 0 heterocycles. The number of amides is 1. The van der Waals surface area contributed by atoms with Crippen LogP contribution in [-0.4, -0.2) is 57.2 Å². The van der Waals surface area contributed by atoms with Gasteiger partial charge >= 0.3 is 5.97 Å². The summed E-state index contributed by atoms with van der Waals surface area (Å²) in [7, 11) is 0. The summed E-state index contributed by atoms with van der Waals surface area (Å²) in [5.74, 6) is 0.265. The topological polar surface area (TPSA) is 127 Å². The number of hydrogen-bond acceptors (Lipinski definition) is 5. The molecule has 0 aromatic rings. The second kappa shape index (κ2) is 9.12. The summed E-state index contributed by atoms with van der Waals surface area (Å²) in [6, 6.07) is 0. The third-order valence-electron chi connectivity index (χ3n) is 10.8. The molecule has 0 aliphatic heterocycles. The SMILES string of the molecule is C[C@H](CCC(=O)NC[14C](=O)O)[C@H]1CC[C@H]2[C@@H]3[C@H](O)C[C@@H]4C[C@H](O)CC[C@]4(C)[C@H]3C[C@H](O)[C@]12C. The van der Waals surface area contributed by atoms with Gasteiger partial charge in [-0.15, -0.1) is 0 Å². The average Bonchev–Trinajstić information content (AvgIpc) is 3.11. The lowest BCUT2D eigenvalue weighted by Crippen LogP contribution is -2.62. The van der Waals surface area contributed by atoms with E-state index in [1.165, 1.54) is 0 Å². The molecule has 4 aliphatic rings. The molecule has 0 aromatic carbocycles. The number of rotatable bonds is 6. The lowest BCUT2D eigenvalue weighted by atomic mass is 9.43. The van der Waals surface area contributed by atoms with Gasteiger partial charge in [0.2, 0.25) is 5.91 Å². The number of aliphatic hydroxyl groups is 3. The summed E-state index contributed by atoms with van der Waals surface area (Å²) in [6.45, 7) is 6.35. The van der Waals surface area contributed by atoms with Gasteiger partial charge in [-0.25, -0.2) is 0 Å². The van der Waals surface area contributed by atoms with E-state index in [0.29, 0.717) is 25.2 Å². The van der Waals surface area contributed by atoms with E-state index in [4.69, 9.17) is 5.11 Å². The van der Waals surface area contributed by atoms with Crippen LogP contribution < -0.4 is 5.32 Å². The van der Waals surface area contributed by atoms with Gasteiger partial charge in [0.25, 0.3) is 0 Å². The van der Waals surface area contributed by atoms with Crippen LogP contribution in [0.1, 0.15) is 78.6 Å². The van der Waals surface area contributed by atoms with Crippen LogP contribution in [0.25, 0.3) is 0 Å². The molecule has 0 bridgehead atoms. The second-order valence-corrected chi connectivity index (χ2v) is 12.2. The predicted octanol–water partition coefficient (Wildman–Crippen LogP) is 2.56. The maximum atomic E-state index is 12.0. The minimum atomic E-state index is -1.04. The normalized spacial score (nSPS) is 47.7. The molecule has 7 nitrogen and oxygen atoms in total. The first kappa shape index (κ1) is 24.9. The summed E-state index contributed by atoms with van der Waals surface area (Å²) in [6.07, 6.45) is 5.86. The molecule has 5 N–H and O–H groups in total. The minimum absolute atomic E-state index is 0.0668. The molecule has 0 spiro atoms. The van der Waals surface area contributed by atoms with Crippen LogP contribution in [0, 0.1) is 46.3 Å². The maximum Gasteiger partial charge on any atom is 0.322 e. The van der Waals surface area contributed by atoms with Gasteiger partial charge in [-0.05, 0) is 97.7 Å². The highest BCUT2D eigenvalue weighted by Gasteiger charge is 2.65. The maximum absolute atomic E-state index is 12.0. The highest BCUT2D eigenvalue weighted by atomic mass is 16.6. The highest BCUT2D eigenvalue weighted by molar-refractivity contribution is 5.81. The van der Waals surface area contributed by atoms with Crippen molar-refractivity contribution in [1.29, 1.82) is 0 Å². The monoisotopic (exact) mass is 467 g/mol. The number of carboxylic acids is 1. The molecule has 0 aromatic heterocycles. The Hall–Kier alpha value is -1.18. The Balaban J connectivity index is 1.49. The molecular weight excluding hydrogens is 424 g/mol. The van der Waals surface area contributed by atoms with Crippen molar-refractivity contribution in [2.75, 3.05) is 6.54 Å². The third kappa shape index (κ3) is 4.23. The van der Waals surface area contributed by atoms with Crippen molar-refractivity contribution in [1.82, 2.24) is 5.32 Å². The van der Waals surface area contributed by atoms with Crippen molar-refractivity contribution < 1.29 is 30.0 Å². The van der Waals surface area contributed by atoms with E-state index >= 15 is 0 Å². The van der Waals surface area contributed by atoms with Crippen LogP contribution in [0.15, 0.2) is 0 Å². The van der Waals surface area contributed by atoms with Gasteiger partial charge < -0.3 is 25.7 Å². The summed E-state index contributed by atoms with van der Waals surface area (Å²) in [5.41, 5.74) is -0.214. The van der Waals surface area contributed by atoms with E-state index in [1.807, 2.05) is 0 Å². The van der Waals surface area contributed by atoms with Gasteiger partial charge in [0, 0.05) is 6.42 Å². The van der Waals surface area contributed by atoms with Gasteiger partial charge in [-0.1, -0.05) is 20.8 Å². The molecule has 4 saturated carbocycles. The smallest absolute Gasteiger partial charge is 0.322 e. The van der Waals surface area contributed by atoms with Gasteiger partial charge in [0.1, 0.15) is 6.54 Å². The second-order valence-electron chi connectivity index (χ2n) is 12.2. The number of carbonyl (C=O) groups is 2. The molecule has 1 amide bonds. The fraction of sp³-hybridized carbons (Fsp3) is 0.923. The van der Waals surface area contributed by atoms with Crippen LogP contribution in [0.4, 0.5) is 0 Å². The highest BCUT2D eigenvalue weighted by Crippen LogP contribution is 2.68. The Morgan fingerprint density at radius 1 is 1.09 bits per heavy atom. The zero-order chi connectivity index (χ0) is 24.1. The number of carboxylic acid groups (broad SMARTS) is 1. The Bertz CT molecular complexity index is 759. The summed E-state index contributed by atoms with van der Waals surface area (Å²) in [5, 5.41) is 44.4. The Kier molecular flexibility index (Phi) is 6.89. The van der Waals surface area contributed by atoms with Crippen LogP contribution in [0.2, 0.25) is 0 Å². The van der Waals surface area contributed by atoms with Crippen molar-refractivity contribution in [2.24, 2.45) is 46.3 Å². The van der Waals surface area contributed by atoms with E-state index in [0.717, 1.165) is 38.5 Å². The van der Waals surface area contributed by atoms with Crippen LogP contribution in [-0.2, 0) is 9.59 Å². The molecule has 11 atom stereocenters. The average molecular weight is 468 g/mol. The number of aliphatic carboxylic acids is 1. The van der Waals surface area contributed by atoms with Crippen molar-refractivity contribution in [3.8, 4) is 0 Å². The van der Waals surface area contributed by atoms with E-state index in [9.17, 15) is 24.9 Å². The van der Waals surface area contributed by atoms with Crippen LogP contribution in [0.5, 0.6) is 0 Å². The largest absolute Gasteiger partial charge is 0.480 e. The van der Waals surface area contributed by atoms with Crippen LogP contribution in [0.3, 0.4) is 0 Å². The zero-order valence-electron chi connectivity index (χ0n) is 20.4. The number of aliphatic hydroxyl groups excluding tert-OH is 3. The van der Waals surface area contributed by atoms with Crippen LogP contribution >= 0.6 is 0 Å². The van der Waals surface area contributed by atoms with Gasteiger partial charge in [-0.2, -0.15) is 0 Å². The molecule has 4 fully saturated rings. The van der Waals surface area contributed by atoms with Crippen molar-refractivity contribution in [3.63, 3.8) is 0 Å². The molecule has 0 unspecified atom stereocenters. The molecule has 0 saturated heterocycles. The fourth-order valence-corrected chi connectivity index (χ4v) is 8.95. The number of carbonyl (C=O) groups excluding carboxylic acids is 1. The summed E-state index contributed by atoms with van der Waals surface area (Å²) >= 11 is 0. The van der Waals surface area contributed by atoms with E-state index in [1.54, 1.807) is 0 Å². The molecular formula is C26H43NO6. The lowest BCUT2D eigenvalue weighted by molar-refractivity contribution is -0.207. The number of hydrogen-bond donors (Lipinski definition) is 5. The first-order valence-electron chi connectivity index (χ1n) is 13.0. The zero-order valence-corrected chi connectivity index (χ0v) is 20.4. The van der Waals surface area contributed by atoms with Crippen molar-refractivity contribution >= 4 is 11.9 Å². The number of fused-ring (bicyclic) bond motifs is 5. The quantitative estimate of drug-likeness (QED) is 0.409. The molecule has 4 aliphatic carbocycles. The Labute approximate surface area is 197 Å². The summed E-state index contributed by atoms with van der Waals surface area (Å²) in [4.78, 5) is 22.7.